The number of hydrogen-bond acceptors (Lipinski definition) is 3. The number of nitrogens with zero attached hydrogens (tertiary/aromatic N) is 1. The van der Waals surface area contributed by atoms with Crippen LogP contribution in [0.5, 0.6) is 0 Å². The van der Waals surface area contributed by atoms with Gasteiger partial charge in [-0.05, 0) is 12.8 Å². The molecular weight excluding hydrogens is 232 g/mol. The number of hydrogen-bond donors (Lipinski definition) is 2. The first-order valence-electron chi connectivity index (χ1n) is 5.38. The van der Waals surface area contributed by atoms with Gasteiger partial charge in [-0.3, -0.25) is 4.79 Å². The Morgan fingerprint density at radius 2 is 1.94 bits per heavy atom. The van der Waals surface area contributed by atoms with E-state index in [4.69, 9.17) is 5.11 Å². The summed E-state index contributed by atoms with van der Waals surface area (Å²) in [5.41, 5.74) is 0. The van der Waals surface area contributed by atoms with Gasteiger partial charge in [0.2, 0.25) is 0 Å². The van der Waals surface area contributed by atoms with Crippen molar-refractivity contribution in [2.24, 2.45) is 0 Å². The van der Waals surface area contributed by atoms with Crippen LogP contribution in [0.2, 0.25) is 0 Å². The molecule has 0 aromatic rings. The normalized spacial score (nSPS) is 18.9. The molecule has 0 saturated heterocycles. The lowest BCUT2D eigenvalue weighted by molar-refractivity contribution is -0.135. The lowest BCUT2D eigenvalue weighted by Crippen LogP contribution is -2.46. The summed E-state index contributed by atoms with van der Waals surface area (Å²) in [5, 5.41) is 8.42. The van der Waals surface area contributed by atoms with Crippen molar-refractivity contribution >= 4 is 16.2 Å². The van der Waals surface area contributed by atoms with Crippen LogP contribution in [0.3, 0.4) is 0 Å². The molecule has 1 aliphatic rings. The van der Waals surface area contributed by atoms with E-state index in [1.807, 2.05) is 0 Å². The first-order valence-corrected chi connectivity index (χ1v) is 6.82. The van der Waals surface area contributed by atoms with Crippen LogP contribution in [-0.4, -0.2) is 43.4 Å². The lowest BCUT2D eigenvalue weighted by atomic mass is 9.96. The van der Waals surface area contributed by atoms with E-state index in [1.165, 1.54) is 11.4 Å². The summed E-state index contributed by atoms with van der Waals surface area (Å²) in [7, 11) is -2.15. The van der Waals surface area contributed by atoms with E-state index in [1.54, 1.807) is 0 Å². The fourth-order valence-electron chi connectivity index (χ4n) is 1.90. The zero-order valence-corrected chi connectivity index (χ0v) is 10.2. The molecule has 1 saturated carbocycles. The number of rotatable bonds is 5. The molecule has 0 atom stereocenters. The Labute approximate surface area is 95.8 Å². The summed E-state index contributed by atoms with van der Waals surface area (Å²) >= 11 is 0. The maximum Gasteiger partial charge on any atom is 0.318 e. The molecule has 16 heavy (non-hydrogen) atoms. The third-order valence-corrected chi connectivity index (χ3v) is 4.44. The number of carbonyl (C=O) groups is 1. The molecule has 1 rings (SSSR count). The van der Waals surface area contributed by atoms with E-state index in [0.29, 0.717) is 0 Å². The Morgan fingerprint density at radius 3 is 2.44 bits per heavy atom. The fraction of sp³-hybridized carbons (Fsp3) is 0.889. The molecule has 0 aromatic heterocycles. The largest absolute Gasteiger partial charge is 0.480 e. The van der Waals surface area contributed by atoms with Crippen molar-refractivity contribution in [3.8, 4) is 0 Å². The second-order valence-corrected chi connectivity index (χ2v) is 5.84. The Morgan fingerprint density at radius 1 is 1.38 bits per heavy atom. The molecular formula is C9H18N2O4S. The van der Waals surface area contributed by atoms with Crippen molar-refractivity contribution in [2.75, 3.05) is 13.6 Å². The zero-order chi connectivity index (χ0) is 12.2. The minimum absolute atomic E-state index is 0.0000416. The first-order chi connectivity index (χ1) is 7.43. The van der Waals surface area contributed by atoms with Gasteiger partial charge in [0.1, 0.15) is 6.54 Å². The second-order valence-electron chi connectivity index (χ2n) is 4.03. The molecule has 2 N–H and O–H groups in total. The SMILES string of the molecule is CN(C1CCCCC1)S(=O)(=O)NCC(=O)O. The molecule has 6 nitrogen and oxygen atoms in total. The van der Waals surface area contributed by atoms with Crippen molar-refractivity contribution in [3.05, 3.63) is 0 Å². The Bertz CT molecular complexity index is 335. The Hall–Kier alpha value is -0.660. The van der Waals surface area contributed by atoms with Crippen molar-refractivity contribution in [1.29, 1.82) is 0 Å². The fourth-order valence-corrected chi connectivity index (χ4v) is 3.01. The molecule has 1 fully saturated rings. The van der Waals surface area contributed by atoms with E-state index >= 15 is 0 Å². The van der Waals surface area contributed by atoms with Crippen molar-refractivity contribution < 1.29 is 18.3 Å². The molecule has 0 aromatic carbocycles. The molecule has 1 aliphatic carbocycles. The second kappa shape index (κ2) is 5.60. The van der Waals surface area contributed by atoms with E-state index in [2.05, 4.69) is 4.72 Å². The van der Waals surface area contributed by atoms with Gasteiger partial charge in [-0.25, -0.2) is 0 Å². The topological polar surface area (TPSA) is 86.7 Å². The highest BCUT2D eigenvalue weighted by Crippen LogP contribution is 2.22. The minimum Gasteiger partial charge on any atom is -0.480 e. The van der Waals surface area contributed by atoms with Crippen LogP contribution in [-0.2, 0) is 15.0 Å². The maximum absolute atomic E-state index is 11.7. The molecule has 0 amide bonds. The molecule has 0 heterocycles. The van der Waals surface area contributed by atoms with E-state index in [-0.39, 0.29) is 6.04 Å². The van der Waals surface area contributed by atoms with Gasteiger partial charge in [0, 0.05) is 13.1 Å². The highest BCUT2D eigenvalue weighted by molar-refractivity contribution is 7.87. The highest BCUT2D eigenvalue weighted by Gasteiger charge is 2.27. The average molecular weight is 250 g/mol. The predicted molar refractivity (Wildman–Crippen MR) is 59.2 cm³/mol. The lowest BCUT2D eigenvalue weighted by Gasteiger charge is -2.30. The monoisotopic (exact) mass is 250 g/mol. The summed E-state index contributed by atoms with van der Waals surface area (Å²) < 4.78 is 26.7. The van der Waals surface area contributed by atoms with E-state index < -0.39 is 22.7 Å². The highest BCUT2D eigenvalue weighted by atomic mass is 32.2. The number of aliphatic carboxylic acids is 1. The number of carboxylic acid groups (broad SMARTS) is 1. The smallest absolute Gasteiger partial charge is 0.318 e. The Balaban J connectivity index is 2.56. The van der Waals surface area contributed by atoms with Crippen LogP contribution in [0.25, 0.3) is 0 Å². The molecule has 0 aliphatic heterocycles. The van der Waals surface area contributed by atoms with Gasteiger partial charge in [-0.2, -0.15) is 17.4 Å². The molecule has 0 unspecified atom stereocenters. The van der Waals surface area contributed by atoms with Crippen molar-refractivity contribution in [2.45, 2.75) is 38.1 Å². The third kappa shape index (κ3) is 3.73. The number of nitrogens with one attached hydrogen (secondary N) is 1. The van der Waals surface area contributed by atoms with Crippen LogP contribution in [0.4, 0.5) is 0 Å². The van der Waals surface area contributed by atoms with Gasteiger partial charge < -0.3 is 5.11 Å². The standard InChI is InChI=1S/C9H18N2O4S/c1-11(8-5-3-2-4-6-8)16(14,15)10-7-9(12)13/h8,10H,2-7H2,1H3,(H,12,13). The summed E-state index contributed by atoms with van der Waals surface area (Å²) in [6.07, 6.45) is 4.91. The van der Waals surface area contributed by atoms with Crippen LogP contribution in [0.1, 0.15) is 32.1 Å². The predicted octanol–water partition coefficient (Wildman–Crippen LogP) is 0.170. The maximum atomic E-state index is 11.7. The van der Waals surface area contributed by atoms with E-state index in [9.17, 15) is 13.2 Å². The molecule has 0 radical (unpaired) electrons. The van der Waals surface area contributed by atoms with Crippen LogP contribution >= 0.6 is 0 Å². The van der Waals surface area contributed by atoms with Crippen LogP contribution in [0.15, 0.2) is 0 Å². The third-order valence-electron chi connectivity index (χ3n) is 2.87. The average Bonchev–Trinajstić information content (AvgIpc) is 2.27. The van der Waals surface area contributed by atoms with E-state index in [0.717, 1.165) is 32.1 Å². The molecule has 7 heteroatoms. The molecule has 0 spiro atoms. The van der Waals surface area contributed by atoms with Crippen LogP contribution < -0.4 is 4.72 Å². The van der Waals surface area contributed by atoms with Crippen molar-refractivity contribution in [1.82, 2.24) is 9.03 Å². The molecule has 94 valence electrons. The van der Waals surface area contributed by atoms with Gasteiger partial charge in [0.05, 0.1) is 0 Å². The summed E-state index contributed by atoms with van der Waals surface area (Å²) in [5.74, 6) is -1.18. The van der Waals surface area contributed by atoms with Gasteiger partial charge in [0.25, 0.3) is 10.2 Å². The van der Waals surface area contributed by atoms with Crippen molar-refractivity contribution in [3.63, 3.8) is 0 Å². The van der Waals surface area contributed by atoms with Gasteiger partial charge in [-0.1, -0.05) is 19.3 Å². The molecule has 0 bridgehead atoms. The number of carboxylic acids is 1. The summed E-state index contributed by atoms with van der Waals surface area (Å²) in [4.78, 5) is 10.3. The van der Waals surface area contributed by atoms with Crippen LogP contribution in [0, 0.1) is 0 Å². The van der Waals surface area contributed by atoms with Gasteiger partial charge >= 0.3 is 5.97 Å². The summed E-state index contributed by atoms with van der Waals surface area (Å²) in [6.45, 7) is -0.570. The Kier molecular flexibility index (Phi) is 4.69. The van der Waals surface area contributed by atoms with Gasteiger partial charge in [0.15, 0.2) is 0 Å². The minimum atomic E-state index is -3.65. The van der Waals surface area contributed by atoms with Gasteiger partial charge in [-0.15, -0.1) is 0 Å². The first kappa shape index (κ1) is 13.4. The zero-order valence-electron chi connectivity index (χ0n) is 9.35. The summed E-state index contributed by atoms with van der Waals surface area (Å²) in [6, 6.07) is 0.0000416. The quantitative estimate of drug-likeness (QED) is 0.728.